The predicted octanol–water partition coefficient (Wildman–Crippen LogP) is 3.10. The van der Waals surface area contributed by atoms with Gasteiger partial charge < -0.3 is 4.74 Å². The second-order valence-corrected chi connectivity index (χ2v) is 3.50. The van der Waals surface area contributed by atoms with Crippen LogP contribution in [-0.4, -0.2) is 7.11 Å². The van der Waals surface area contributed by atoms with Gasteiger partial charge in [0.05, 0.1) is 13.2 Å². The number of unbranched alkanes of at least 4 members (excludes halogenated alkanes) is 1. The van der Waals surface area contributed by atoms with Crippen molar-refractivity contribution >= 4 is 0 Å². The largest absolute Gasteiger partial charge is 0.497 e. The van der Waals surface area contributed by atoms with E-state index in [2.05, 4.69) is 25.1 Å². The molecule has 0 aromatic heterocycles. The van der Waals surface area contributed by atoms with E-state index >= 15 is 0 Å². The highest BCUT2D eigenvalue weighted by Gasteiger charge is 2.02. The molecule has 1 aromatic carbocycles. The van der Waals surface area contributed by atoms with E-state index in [9.17, 15) is 0 Å². The van der Waals surface area contributed by atoms with Crippen LogP contribution in [0, 0.1) is 11.3 Å². The van der Waals surface area contributed by atoms with E-state index in [1.807, 2.05) is 6.07 Å². The van der Waals surface area contributed by atoms with E-state index in [1.54, 1.807) is 7.11 Å². The van der Waals surface area contributed by atoms with E-state index in [1.165, 1.54) is 11.1 Å². The second-order valence-electron chi connectivity index (χ2n) is 3.50. The van der Waals surface area contributed by atoms with Crippen LogP contribution in [0.1, 0.15) is 30.9 Å². The van der Waals surface area contributed by atoms with Crippen LogP contribution in [-0.2, 0) is 12.8 Å². The van der Waals surface area contributed by atoms with Crippen molar-refractivity contribution in [3.05, 3.63) is 29.3 Å². The smallest absolute Gasteiger partial charge is 0.119 e. The summed E-state index contributed by atoms with van der Waals surface area (Å²) in [6, 6.07) is 8.35. The normalized spacial score (nSPS) is 9.67. The molecule has 0 spiro atoms. The molecule has 2 heteroatoms. The van der Waals surface area contributed by atoms with Crippen LogP contribution in [0.3, 0.4) is 0 Å². The Morgan fingerprint density at radius 3 is 2.73 bits per heavy atom. The summed E-state index contributed by atoms with van der Waals surface area (Å²) in [6.45, 7) is 2.14. The number of benzene rings is 1. The summed E-state index contributed by atoms with van der Waals surface area (Å²) in [6.07, 6.45) is 3.57. The predicted molar refractivity (Wildman–Crippen MR) is 60.9 cm³/mol. The maximum absolute atomic E-state index is 8.48. The SMILES string of the molecule is CCc1cc(OC)ccc1CCCC#N. The molecule has 1 aromatic rings. The second kappa shape index (κ2) is 6.08. The molecule has 1 rings (SSSR count). The van der Waals surface area contributed by atoms with Gasteiger partial charge in [0, 0.05) is 6.42 Å². The summed E-state index contributed by atoms with van der Waals surface area (Å²) in [5.74, 6) is 0.913. The van der Waals surface area contributed by atoms with Crippen molar-refractivity contribution in [2.75, 3.05) is 7.11 Å². The zero-order chi connectivity index (χ0) is 11.1. The summed E-state index contributed by atoms with van der Waals surface area (Å²) in [4.78, 5) is 0. The lowest BCUT2D eigenvalue weighted by Crippen LogP contribution is -1.94. The van der Waals surface area contributed by atoms with Crippen molar-refractivity contribution in [2.24, 2.45) is 0 Å². The molecule has 0 saturated heterocycles. The summed E-state index contributed by atoms with van der Waals surface area (Å²) >= 11 is 0. The van der Waals surface area contributed by atoms with E-state index < -0.39 is 0 Å². The number of nitrogens with zero attached hydrogens (tertiary/aromatic N) is 1. The fourth-order valence-electron chi connectivity index (χ4n) is 1.66. The summed E-state index contributed by atoms with van der Waals surface area (Å²) in [5.41, 5.74) is 2.67. The average molecular weight is 203 g/mol. The molecule has 0 bridgehead atoms. The third-order valence-electron chi connectivity index (χ3n) is 2.53. The van der Waals surface area contributed by atoms with Crippen molar-refractivity contribution in [1.82, 2.24) is 0 Å². The molecule has 0 saturated carbocycles. The van der Waals surface area contributed by atoms with Gasteiger partial charge in [-0.3, -0.25) is 0 Å². The molecule has 2 nitrogen and oxygen atoms in total. The highest BCUT2D eigenvalue weighted by molar-refractivity contribution is 5.35. The van der Waals surface area contributed by atoms with Crippen LogP contribution in [0.5, 0.6) is 5.75 Å². The maximum atomic E-state index is 8.48. The molecule has 0 aliphatic heterocycles. The van der Waals surface area contributed by atoms with Gasteiger partial charge in [0.15, 0.2) is 0 Å². The average Bonchev–Trinajstić information content (AvgIpc) is 2.29. The highest BCUT2D eigenvalue weighted by atomic mass is 16.5. The van der Waals surface area contributed by atoms with Crippen LogP contribution in [0.4, 0.5) is 0 Å². The zero-order valence-corrected chi connectivity index (χ0v) is 9.42. The number of ether oxygens (including phenoxy) is 1. The Bertz CT molecular complexity index is 352. The molecule has 0 N–H and O–H groups in total. The van der Waals surface area contributed by atoms with Crippen molar-refractivity contribution in [2.45, 2.75) is 32.6 Å². The summed E-state index contributed by atoms with van der Waals surface area (Å²) < 4.78 is 5.18. The number of hydrogen-bond acceptors (Lipinski definition) is 2. The molecule has 0 radical (unpaired) electrons. The van der Waals surface area contributed by atoms with Gasteiger partial charge >= 0.3 is 0 Å². The van der Waals surface area contributed by atoms with E-state index in [0.29, 0.717) is 6.42 Å². The van der Waals surface area contributed by atoms with Crippen LogP contribution in [0.25, 0.3) is 0 Å². The molecule has 0 amide bonds. The van der Waals surface area contributed by atoms with E-state index in [-0.39, 0.29) is 0 Å². The molecule has 0 unspecified atom stereocenters. The Morgan fingerprint density at radius 1 is 1.33 bits per heavy atom. The van der Waals surface area contributed by atoms with Gasteiger partial charge in [-0.05, 0) is 42.5 Å². The van der Waals surface area contributed by atoms with Crippen LogP contribution in [0.2, 0.25) is 0 Å². The lowest BCUT2D eigenvalue weighted by atomic mass is 10.00. The van der Waals surface area contributed by atoms with Gasteiger partial charge in [-0.1, -0.05) is 13.0 Å². The van der Waals surface area contributed by atoms with Gasteiger partial charge in [0.1, 0.15) is 5.75 Å². The van der Waals surface area contributed by atoms with E-state index in [4.69, 9.17) is 10.00 Å². The van der Waals surface area contributed by atoms with Crippen molar-refractivity contribution in [1.29, 1.82) is 5.26 Å². The Balaban J connectivity index is 2.74. The Hall–Kier alpha value is -1.49. The Labute approximate surface area is 91.5 Å². The Kier molecular flexibility index (Phi) is 4.70. The Morgan fingerprint density at radius 2 is 2.13 bits per heavy atom. The van der Waals surface area contributed by atoms with Crippen LogP contribution < -0.4 is 4.74 Å². The fraction of sp³-hybridized carbons (Fsp3) is 0.462. The van der Waals surface area contributed by atoms with Crippen molar-refractivity contribution < 1.29 is 4.74 Å². The minimum absolute atomic E-state index is 0.634. The standard InChI is InChI=1S/C13H17NO/c1-3-11-10-13(15-2)8-7-12(11)6-4-5-9-14/h7-8,10H,3-6H2,1-2H3. The first-order valence-electron chi connectivity index (χ1n) is 5.34. The molecule has 15 heavy (non-hydrogen) atoms. The molecule has 0 heterocycles. The lowest BCUT2D eigenvalue weighted by molar-refractivity contribution is 0.414. The van der Waals surface area contributed by atoms with Gasteiger partial charge in [0.2, 0.25) is 0 Å². The molecule has 0 aliphatic carbocycles. The summed E-state index contributed by atoms with van der Waals surface area (Å²) in [7, 11) is 1.68. The minimum atomic E-state index is 0.634. The van der Waals surface area contributed by atoms with Gasteiger partial charge in [-0.2, -0.15) is 5.26 Å². The van der Waals surface area contributed by atoms with Crippen LogP contribution >= 0.6 is 0 Å². The third-order valence-corrected chi connectivity index (χ3v) is 2.53. The first kappa shape index (κ1) is 11.6. The highest BCUT2D eigenvalue weighted by Crippen LogP contribution is 2.19. The zero-order valence-electron chi connectivity index (χ0n) is 9.42. The lowest BCUT2D eigenvalue weighted by Gasteiger charge is -2.09. The van der Waals surface area contributed by atoms with Crippen LogP contribution in [0.15, 0.2) is 18.2 Å². The molecule has 0 fully saturated rings. The maximum Gasteiger partial charge on any atom is 0.119 e. The van der Waals surface area contributed by atoms with Crippen molar-refractivity contribution in [3.63, 3.8) is 0 Å². The van der Waals surface area contributed by atoms with E-state index in [0.717, 1.165) is 25.0 Å². The van der Waals surface area contributed by atoms with Gasteiger partial charge in [-0.15, -0.1) is 0 Å². The number of nitriles is 1. The number of hydrogen-bond donors (Lipinski definition) is 0. The molecular formula is C13H17NO. The first-order chi connectivity index (χ1) is 7.31. The third kappa shape index (κ3) is 3.28. The van der Waals surface area contributed by atoms with Gasteiger partial charge in [0.25, 0.3) is 0 Å². The molecule has 0 atom stereocenters. The van der Waals surface area contributed by atoms with Gasteiger partial charge in [-0.25, -0.2) is 0 Å². The number of aryl methyl sites for hydroxylation is 2. The first-order valence-corrected chi connectivity index (χ1v) is 5.34. The topological polar surface area (TPSA) is 33.0 Å². The molecule has 0 aliphatic rings. The summed E-state index contributed by atoms with van der Waals surface area (Å²) in [5, 5.41) is 8.48. The molecule has 80 valence electrons. The number of methoxy groups -OCH3 is 1. The number of rotatable bonds is 5. The quantitative estimate of drug-likeness (QED) is 0.689. The molecular weight excluding hydrogens is 186 g/mol. The minimum Gasteiger partial charge on any atom is -0.497 e. The fourth-order valence-corrected chi connectivity index (χ4v) is 1.66. The van der Waals surface area contributed by atoms with Crippen molar-refractivity contribution in [3.8, 4) is 11.8 Å². The monoisotopic (exact) mass is 203 g/mol.